The first-order valence-electron chi connectivity index (χ1n) is 9.00. The van der Waals surface area contributed by atoms with Gasteiger partial charge in [-0.25, -0.2) is 4.99 Å². The van der Waals surface area contributed by atoms with Crippen LogP contribution in [0, 0.1) is 0 Å². The molecule has 2 aromatic rings. The molecule has 1 unspecified atom stereocenters. The molecule has 0 aromatic heterocycles. The Hall–Kier alpha value is -2.66. The number of benzene rings is 2. The van der Waals surface area contributed by atoms with Crippen LogP contribution in [-0.4, -0.2) is 44.3 Å². The van der Waals surface area contributed by atoms with Crippen LogP contribution in [0.25, 0.3) is 10.8 Å². The Kier molecular flexibility index (Phi) is 4.24. The molecule has 0 fully saturated rings. The molecule has 5 nitrogen and oxygen atoms in total. The van der Waals surface area contributed by atoms with E-state index in [1.807, 2.05) is 32.3 Å². The highest BCUT2D eigenvalue weighted by atomic mass is 16.5. The van der Waals surface area contributed by atoms with E-state index in [9.17, 15) is 4.79 Å². The van der Waals surface area contributed by atoms with Gasteiger partial charge in [-0.15, -0.1) is 0 Å². The molecule has 0 bridgehead atoms. The van der Waals surface area contributed by atoms with Crippen molar-refractivity contribution in [2.45, 2.75) is 19.3 Å². The first-order valence-corrected chi connectivity index (χ1v) is 9.00. The maximum Gasteiger partial charge on any atom is 0.259 e. The van der Waals surface area contributed by atoms with Crippen molar-refractivity contribution in [2.24, 2.45) is 4.99 Å². The van der Waals surface area contributed by atoms with Gasteiger partial charge >= 0.3 is 0 Å². The Morgan fingerprint density at radius 3 is 2.85 bits per heavy atom. The molecule has 1 amide bonds. The van der Waals surface area contributed by atoms with Gasteiger partial charge in [0.15, 0.2) is 0 Å². The second-order valence-corrected chi connectivity index (χ2v) is 7.01. The number of dihydropyridines is 1. The molecule has 0 saturated heterocycles. The summed E-state index contributed by atoms with van der Waals surface area (Å²) >= 11 is 0. The fourth-order valence-electron chi connectivity index (χ4n) is 3.63. The Bertz CT molecular complexity index is 944. The summed E-state index contributed by atoms with van der Waals surface area (Å²) in [5.74, 6) is 0.444. The van der Waals surface area contributed by atoms with Gasteiger partial charge in [-0.3, -0.25) is 4.79 Å². The van der Waals surface area contributed by atoms with Gasteiger partial charge in [0.2, 0.25) is 0 Å². The van der Waals surface area contributed by atoms with Gasteiger partial charge in [-0.2, -0.15) is 0 Å². The van der Waals surface area contributed by atoms with Gasteiger partial charge in [0.1, 0.15) is 18.3 Å². The predicted molar refractivity (Wildman–Crippen MR) is 105 cm³/mol. The molecule has 1 N–H and O–H groups in total. The molecular weight excluding hydrogens is 326 g/mol. The zero-order chi connectivity index (χ0) is 18.3. The Morgan fingerprint density at radius 2 is 2.08 bits per heavy atom. The van der Waals surface area contributed by atoms with Gasteiger partial charge in [0, 0.05) is 29.7 Å². The van der Waals surface area contributed by atoms with Crippen molar-refractivity contribution >= 4 is 28.6 Å². The van der Waals surface area contributed by atoms with E-state index in [1.165, 1.54) is 0 Å². The molecule has 0 saturated carbocycles. The van der Waals surface area contributed by atoms with E-state index in [-0.39, 0.29) is 11.8 Å². The molecule has 0 spiro atoms. The second-order valence-electron chi connectivity index (χ2n) is 7.01. The molecule has 2 heterocycles. The van der Waals surface area contributed by atoms with Crippen LogP contribution in [0.2, 0.25) is 0 Å². The number of hydrogen-bond donors (Lipinski definition) is 1. The molecule has 2 aromatic carbocycles. The van der Waals surface area contributed by atoms with Crippen LogP contribution in [0.4, 0.5) is 5.69 Å². The average molecular weight is 349 g/mol. The number of likely N-dealkylation sites (N-methyl/N-ethyl adjacent to an activating group) is 1. The molecular formula is C21H23N3O2. The summed E-state index contributed by atoms with van der Waals surface area (Å²) in [5.41, 5.74) is 4.12. The monoisotopic (exact) mass is 349 g/mol. The molecule has 4 rings (SSSR count). The van der Waals surface area contributed by atoms with E-state index in [2.05, 4.69) is 34.3 Å². The maximum atomic E-state index is 12.5. The number of hydrogen-bond acceptors (Lipinski definition) is 4. The van der Waals surface area contributed by atoms with Crippen LogP contribution in [0.15, 0.2) is 46.6 Å². The lowest BCUT2D eigenvalue weighted by molar-refractivity contribution is -0.118. The largest absolute Gasteiger partial charge is 0.492 e. The summed E-state index contributed by atoms with van der Waals surface area (Å²) < 4.78 is 5.85. The summed E-state index contributed by atoms with van der Waals surface area (Å²) in [6.45, 7) is 3.60. The number of nitrogens with zero attached hydrogens (tertiary/aromatic N) is 2. The summed E-state index contributed by atoms with van der Waals surface area (Å²) in [6, 6.07) is 10.2. The normalized spacial score (nSPS) is 18.3. The number of anilines is 1. The molecule has 2 aliphatic heterocycles. The molecule has 26 heavy (non-hydrogen) atoms. The van der Waals surface area contributed by atoms with Crippen LogP contribution in [0.1, 0.15) is 24.8 Å². The van der Waals surface area contributed by atoms with Crippen LogP contribution < -0.4 is 10.1 Å². The highest BCUT2D eigenvalue weighted by Crippen LogP contribution is 2.46. The predicted octanol–water partition coefficient (Wildman–Crippen LogP) is 3.56. The zero-order valence-electron chi connectivity index (χ0n) is 15.4. The lowest BCUT2D eigenvalue weighted by atomic mass is 9.89. The Labute approximate surface area is 153 Å². The van der Waals surface area contributed by atoms with Crippen molar-refractivity contribution in [1.29, 1.82) is 0 Å². The topological polar surface area (TPSA) is 53.9 Å². The fourth-order valence-corrected chi connectivity index (χ4v) is 3.63. The van der Waals surface area contributed by atoms with Crippen molar-refractivity contribution in [3.8, 4) is 5.75 Å². The lowest BCUT2D eigenvalue weighted by Crippen LogP contribution is -2.19. The van der Waals surface area contributed by atoms with E-state index in [0.29, 0.717) is 6.61 Å². The van der Waals surface area contributed by atoms with Gasteiger partial charge in [0.25, 0.3) is 5.91 Å². The smallest absolute Gasteiger partial charge is 0.259 e. The van der Waals surface area contributed by atoms with Crippen LogP contribution in [0.5, 0.6) is 5.75 Å². The summed E-state index contributed by atoms with van der Waals surface area (Å²) in [6.07, 6.45) is 2.55. The third-order valence-electron chi connectivity index (χ3n) is 5.01. The number of rotatable bonds is 5. The van der Waals surface area contributed by atoms with Gasteiger partial charge in [-0.05, 0) is 55.1 Å². The van der Waals surface area contributed by atoms with Gasteiger partial charge < -0.3 is 15.0 Å². The molecule has 0 aliphatic carbocycles. The second kappa shape index (κ2) is 6.57. The summed E-state index contributed by atoms with van der Waals surface area (Å²) in [4.78, 5) is 18.7. The number of aliphatic imine (C=N–C) groups is 1. The number of ether oxygens (including phenoxy) is 1. The van der Waals surface area contributed by atoms with Crippen LogP contribution >= 0.6 is 0 Å². The van der Waals surface area contributed by atoms with Crippen LogP contribution in [0.3, 0.4) is 0 Å². The van der Waals surface area contributed by atoms with E-state index in [0.717, 1.165) is 52.0 Å². The summed E-state index contributed by atoms with van der Waals surface area (Å²) in [5, 5.41) is 5.61. The quantitative estimate of drug-likeness (QED) is 0.897. The number of carbonyl (C=O) groups is 1. The SMILES string of the molecule is CCC1=C2Nc3ccc4cc(OCCN(C)C)ccc4c3C2C(=O)N=C1. The Balaban J connectivity index is 1.73. The number of nitrogens with one attached hydrogen (secondary N) is 1. The molecule has 1 atom stereocenters. The third-order valence-corrected chi connectivity index (χ3v) is 5.01. The fraction of sp³-hybridized carbons (Fsp3) is 0.333. The third kappa shape index (κ3) is 2.78. The molecule has 0 radical (unpaired) electrons. The minimum Gasteiger partial charge on any atom is -0.492 e. The molecule has 134 valence electrons. The minimum atomic E-state index is -0.311. The number of carbonyl (C=O) groups excluding carboxylic acids is 1. The van der Waals surface area contributed by atoms with Crippen molar-refractivity contribution in [1.82, 2.24) is 4.90 Å². The van der Waals surface area contributed by atoms with Crippen molar-refractivity contribution < 1.29 is 9.53 Å². The van der Waals surface area contributed by atoms with Gasteiger partial charge in [-0.1, -0.05) is 19.1 Å². The first kappa shape index (κ1) is 16.8. The lowest BCUT2D eigenvalue weighted by Gasteiger charge is -2.17. The average Bonchev–Trinajstić information content (AvgIpc) is 3.02. The number of allylic oxidation sites excluding steroid dienone is 1. The highest BCUT2D eigenvalue weighted by Gasteiger charge is 2.37. The van der Waals surface area contributed by atoms with Crippen LogP contribution in [-0.2, 0) is 4.79 Å². The van der Waals surface area contributed by atoms with E-state index >= 15 is 0 Å². The number of fused-ring (bicyclic) bond motifs is 5. The first-order chi connectivity index (χ1) is 12.6. The van der Waals surface area contributed by atoms with Crippen molar-refractivity contribution in [3.63, 3.8) is 0 Å². The van der Waals surface area contributed by atoms with Crippen molar-refractivity contribution in [3.05, 3.63) is 47.2 Å². The highest BCUT2D eigenvalue weighted by molar-refractivity contribution is 6.08. The van der Waals surface area contributed by atoms with Crippen molar-refractivity contribution in [2.75, 3.05) is 32.6 Å². The van der Waals surface area contributed by atoms with E-state index in [4.69, 9.17) is 4.74 Å². The van der Waals surface area contributed by atoms with E-state index in [1.54, 1.807) is 6.21 Å². The maximum absolute atomic E-state index is 12.5. The summed E-state index contributed by atoms with van der Waals surface area (Å²) in [7, 11) is 4.05. The molecule has 2 aliphatic rings. The minimum absolute atomic E-state index is 0.0951. The zero-order valence-corrected chi connectivity index (χ0v) is 15.4. The molecule has 5 heteroatoms. The standard InChI is InChI=1S/C21H23N3O2/c1-4-13-12-22-21(25)19-18-16-7-6-15(26-10-9-24(2)3)11-14(16)5-8-17(18)23-20(13)19/h5-8,11-12,19,23H,4,9-10H2,1-3H3. The van der Waals surface area contributed by atoms with E-state index < -0.39 is 0 Å². The number of amides is 1. The van der Waals surface area contributed by atoms with Gasteiger partial charge in [0.05, 0.1) is 0 Å². The Morgan fingerprint density at radius 1 is 1.23 bits per heavy atom.